The maximum absolute atomic E-state index is 13.2. The van der Waals surface area contributed by atoms with Gasteiger partial charge >= 0.3 is 0 Å². The first-order valence-electron chi connectivity index (χ1n) is 9.99. The van der Waals surface area contributed by atoms with Crippen LogP contribution in [0.25, 0.3) is 10.8 Å². The van der Waals surface area contributed by atoms with Crippen molar-refractivity contribution in [1.29, 1.82) is 0 Å². The molecule has 0 bridgehead atoms. The van der Waals surface area contributed by atoms with Crippen LogP contribution in [0.4, 0.5) is 4.39 Å². The molecule has 0 radical (unpaired) electrons. The molecule has 31 heavy (non-hydrogen) atoms. The van der Waals surface area contributed by atoms with Gasteiger partial charge in [0.1, 0.15) is 30.0 Å². The summed E-state index contributed by atoms with van der Waals surface area (Å²) >= 11 is 0. The number of hydrogen-bond donors (Lipinski definition) is 1. The van der Waals surface area contributed by atoms with Gasteiger partial charge in [0.25, 0.3) is 0 Å². The number of carbonyl (C=O) groups excluding carboxylic acids is 1. The zero-order chi connectivity index (χ0) is 21.6. The minimum absolute atomic E-state index is 0.235. The Bertz CT molecular complexity index is 1170. The summed E-state index contributed by atoms with van der Waals surface area (Å²) in [5.41, 5.74) is 0.809. The number of halogens is 1. The fraction of sp³-hybridized carbons (Fsp3) is 0.217. The van der Waals surface area contributed by atoms with Crippen LogP contribution >= 0.6 is 0 Å². The number of hydrogen-bond acceptors (Lipinski definition) is 5. The Labute approximate surface area is 178 Å². The predicted octanol–water partition coefficient (Wildman–Crippen LogP) is 3.25. The van der Waals surface area contributed by atoms with Crippen molar-refractivity contribution in [1.82, 2.24) is 25.5 Å². The summed E-state index contributed by atoms with van der Waals surface area (Å²) in [7, 11) is 0. The highest BCUT2D eigenvalue weighted by Gasteiger charge is 2.24. The number of amides is 1. The van der Waals surface area contributed by atoms with Gasteiger partial charge < -0.3 is 10.1 Å². The van der Waals surface area contributed by atoms with Crippen molar-refractivity contribution in [2.45, 2.75) is 19.4 Å². The minimum atomic E-state index is -0.655. The maximum Gasteiger partial charge on any atom is 0.245 e. The standard InChI is InChI=1S/C23H22FN5O2/c1-16-26-27-28-29(16)21(15-17-9-11-19(24)12-10-17)23(30)25-13-14-31-22-8-4-6-18-5-2-3-7-20(18)22/h2-12,21H,13-15H2,1H3,(H,25,30). The average molecular weight is 419 g/mol. The second-order valence-electron chi connectivity index (χ2n) is 7.13. The molecule has 1 aromatic heterocycles. The number of fused-ring (bicyclic) bond motifs is 1. The van der Waals surface area contributed by atoms with Crippen LogP contribution in [0.15, 0.2) is 66.7 Å². The Balaban J connectivity index is 1.40. The summed E-state index contributed by atoms with van der Waals surface area (Å²) in [6.45, 7) is 2.37. The fourth-order valence-corrected chi connectivity index (χ4v) is 3.43. The highest BCUT2D eigenvalue weighted by atomic mass is 19.1. The van der Waals surface area contributed by atoms with E-state index in [1.807, 2.05) is 42.5 Å². The highest BCUT2D eigenvalue weighted by molar-refractivity contribution is 5.88. The number of benzene rings is 3. The molecule has 0 aliphatic heterocycles. The van der Waals surface area contributed by atoms with E-state index in [9.17, 15) is 9.18 Å². The normalized spacial score (nSPS) is 11.9. The van der Waals surface area contributed by atoms with Crippen LogP contribution in [0.2, 0.25) is 0 Å². The van der Waals surface area contributed by atoms with Crippen molar-refractivity contribution in [2.75, 3.05) is 13.2 Å². The molecule has 1 unspecified atom stereocenters. The smallest absolute Gasteiger partial charge is 0.245 e. The van der Waals surface area contributed by atoms with Crippen LogP contribution < -0.4 is 10.1 Å². The molecule has 4 aromatic rings. The number of aromatic nitrogens is 4. The number of rotatable bonds is 8. The van der Waals surface area contributed by atoms with Gasteiger partial charge in [0.15, 0.2) is 0 Å². The molecule has 0 aliphatic rings. The summed E-state index contributed by atoms with van der Waals surface area (Å²) in [6, 6.07) is 19.2. The first kappa shape index (κ1) is 20.5. The molecule has 1 heterocycles. The van der Waals surface area contributed by atoms with Gasteiger partial charge in [0.2, 0.25) is 5.91 Å². The molecule has 4 rings (SSSR count). The second-order valence-corrected chi connectivity index (χ2v) is 7.13. The summed E-state index contributed by atoms with van der Waals surface area (Å²) in [4.78, 5) is 12.9. The molecule has 0 spiro atoms. The Morgan fingerprint density at radius 2 is 1.87 bits per heavy atom. The monoisotopic (exact) mass is 419 g/mol. The fourth-order valence-electron chi connectivity index (χ4n) is 3.43. The zero-order valence-corrected chi connectivity index (χ0v) is 17.0. The molecule has 0 saturated heterocycles. The van der Waals surface area contributed by atoms with E-state index in [-0.39, 0.29) is 11.7 Å². The van der Waals surface area contributed by atoms with Crippen molar-refractivity contribution < 1.29 is 13.9 Å². The maximum atomic E-state index is 13.2. The quantitative estimate of drug-likeness (QED) is 0.444. The highest BCUT2D eigenvalue weighted by Crippen LogP contribution is 2.25. The van der Waals surface area contributed by atoms with E-state index >= 15 is 0 Å². The number of nitrogens with one attached hydrogen (secondary N) is 1. The lowest BCUT2D eigenvalue weighted by Crippen LogP contribution is -2.37. The van der Waals surface area contributed by atoms with Gasteiger partial charge in [-0.05, 0) is 46.5 Å². The minimum Gasteiger partial charge on any atom is -0.491 e. The molecule has 0 fully saturated rings. The van der Waals surface area contributed by atoms with E-state index < -0.39 is 6.04 Å². The van der Waals surface area contributed by atoms with Crippen molar-refractivity contribution in [3.63, 3.8) is 0 Å². The lowest BCUT2D eigenvalue weighted by Gasteiger charge is -2.18. The lowest BCUT2D eigenvalue weighted by molar-refractivity contribution is -0.124. The third kappa shape index (κ3) is 4.85. The molecule has 1 N–H and O–H groups in total. The van der Waals surface area contributed by atoms with Crippen LogP contribution in [-0.4, -0.2) is 39.3 Å². The number of nitrogens with zero attached hydrogens (tertiary/aromatic N) is 4. The van der Waals surface area contributed by atoms with E-state index in [0.717, 1.165) is 22.1 Å². The largest absolute Gasteiger partial charge is 0.491 e. The van der Waals surface area contributed by atoms with Crippen LogP contribution in [0.5, 0.6) is 5.75 Å². The topological polar surface area (TPSA) is 81.9 Å². The van der Waals surface area contributed by atoms with E-state index in [2.05, 4.69) is 20.8 Å². The summed E-state index contributed by atoms with van der Waals surface area (Å²) < 4.78 is 20.6. The van der Waals surface area contributed by atoms with Gasteiger partial charge in [-0.25, -0.2) is 9.07 Å². The van der Waals surface area contributed by atoms with Gasteiger partial charge in [0.05, 0.1) is 6.54 Å². The molecule has 0 aliphatic carbocycles. The van der Waals surface area contributed by atoms with E-state index in [1.165, 1.54) is 16.8 Å². The molecule has 3 aromatic carbocycles. The van der Waals surface area contributed by atoms with Crippen LogP contribution in [0.1, 0.15) is 17.4 Å². The van der Waals surface area contributed by atoms with Gasteiger partial charge in [-0.1, -0.05) is 48.5 Å². The number of aryl methyl sites for hydroxylation is 1. The first-order chi connectivity index (χ1) is 15.1. The van der Waals surface area contributed by atoms with Gasteiger partial charge in [0, 0.05) is 11.8 Å². The Kier molecular flexibility index (Phi) is 6.16. The SMILES string of the molecule is Cc1nnnn1C(Cc1ccc(F)cc1)C(=O)NCCOc1cccc2ccccc12. The number of tetrazole rings is 1. The molecular weight excluding hydrogens is 397 g/mol. The molecule has 8 heteroatoms. The van der Waals surface area contributed by atoms with Crippen molar-refractivity contribution >= 4 is 16.7 Å². The molecule has 0 saturated carbocycles. The average Bonchev–Trinajstić information content (AvgIpc) is 3.21. The second kappa shape index (κ2) is 9.34. The van der Waals surface area contributed by atoms with Crippen LogP contribution in [0, 0.1) is 12.7 Å². The molecule has 1 amide bonds. The third-order valence-corrected chi connectivity index (χ3v) is 5.01. The van der Waals surface area contributed by atoms with Gasteiger partial charge in [-0.3, -0.25) is 4.79 Å². The summed E-state index contributed by atoms with van der Waals surface area (Å²) in [5, 5.41) is 16.5. The Morgan fingerprint density at radius 1 is 1.10 bits per heavy atom. The zero-order valence-electron chi connectivity index (χ0n) is 17.0. The molecule has 7 nitrogen and oxygen atoms in total. The van der Waals surface area contributed by atoms with Crippen LogP contribution in [0.3, 0.4) is 0 Å². The Morgan fingerprint density at radius 3 is 2.65 bits per heavy atom. The summed E-state index contributed by atoms with van der Waals surface area (Å²) in [5.74, 6) is 0.732. The predicted molar refractivity (Wildman–Crippen MR) is 114 cm³/mol. The number of ether oxygens (including phenoxy) is 1. The molecule has 1 atom stereocenters. The van der Waals surface area contributed by atoms with Crippen molar-refractivity contribution in [3.05, 3.63) is 83.9 Å². The lowest BCUT2D eigenvalue weighted by atomic mass is 10.1. The van der Waals surface area contributed by atoms with Crippen molar-refractivity contribution in [2.24, 2.45) is 0 Å². The van der Waals surface area contributed by atoms with Gasteiger partial charge in [-0.2, -0.15) is 0 Å². The van der Waals surface area contributed by atoms with E-state index in [0.29, 0.717) is 25.4 Å². The summed E-state index contributed by atoms with van der Waals surface area (Å²) in [6.07, 6.45) is 0.335. The first-order valence-corrected chi connectivity index (χ1v) is 9.99. The molecular formula is C23H22FN5O2. The van der Waals surface area contributed by atoms with Crippen LogP contribution in [-0.2, 0) is 11.2 Å². The van der Waals surface area contributed by atoms with Gasteiger partial charge in [-0.15, -0.1) is 5.10 Å². The Hall–Kier alpha value is -3.81. The van der Waals surface area contributed by atoms with E-state index in [4.69, 9.17) is 4.74 Å². The van der Waals surface area contributed by atoms with E-state index in [1.54, 1.807) is 19.1 Å². The molecule has 158 valence electrons. The number of carbonyl (C=O) groups is 1. The van der Waals surface area contributed by atoms with Crippen molar-refractivity contribution in [3.8, 4) is 5.75 Å². The third-order valence-electron chi connectivity index (χ3n) is 5.01.